The first-order chi connectivity index (χ1) is 19.9. The number of halogens is 1. The number of hydrogen-bond donors (Lipinski definition) is 1. The van der Waals surface area contributed by atoms with Crippen LogP contribution < -0.4 is 11.0 Å². The molecular formula is C30H24BrN3O7. The molecule has 0 aliphatic carbocycles. The molecule has 1 N–H and O–H groups in total. The smallest absolute Gasteiger partial charge is 0.351 e. The number of carbonyl (C=O) groups excluding carboxylic acids is 3. The van der Waals surface area contributed by atoms with Crippen LogP contribution in [0.15, 0.2) is 108 Å². The average molecular weight is 618 g/mol. The van der Waals surface area contributed by atoms with Gasteiger partial charge in [-0.25, -0.2) is 14.4 Å². The summed E-state index contributed by atoms with van der Waals surface area (Å²) in [6, 6.07) is 26.8. The maximum Gasteiger partial charge on any atom is 0.351 e. The fourth-order valence-corrected chi connectivity index (χ4v) is 5.06. The van der Waals surface area contributed by atoms with E-state index in [9.17, 15) is 19.2 Å². The third-order valence-corrected chi connectivity index (χ3v) is 7.26. The Balaban J connectivity index is 1.34. The number of nitrogens with one attached hydrogen (secondary N) is 1. The van der Waals surface area contributed by atoms with Gasteiger partial charge in [0, 0.05) is 11.8 Å². The van der Waals surface area contributed by atoms with Gasteiger partial charge in [-0.15, -0.1) is 0 Å². The number of nitrogens with zero attached hydrogens (tertiary/aromatic N) is 2. The zero-order valence-corrected chi connectivity index (χ0v) is 23.0. The second-order valence-corrected chi connectivity index (χ2v) is 10.1. The highest BCUT2D eigenvalue weighted by Crippen LogP contribution is 2.36. The van der Waals surface area contributed by atoms with Crippen LogP contribution in [-0.2, 0) is 14.2 Å². The molecule has 1 fully saturated rings. The van der Waals surface area contributed by atoms with Crippen LogP contribution in [0.5, 0.6) is 0 Å². The fraction of sp³-hybridized carbons (Fsp3) is 0.167. The third-order valence-electron chi connectivity index (χ3n) is 6.29. The second-order valence-electron chi connectivity index (χ2n) is 9.03. The van der Waals surface area contributed by atoms with Crippen molar-refractivity contribution in [2.24, 2.45) is 0 Å². The van der Waals surface area contributed by atoms with Crippen LogP contribution in [0.1, 0.15) is 37.3 Å². The zero-order valence-electron chi connectivity index (χ0n) is 21.5. The van der Waals surface area contributed by atoms with Crippen molar-refractivity contribution in [3.63, 3.8) is 0 Å². The quantitative estimate of drug-likeness (QED) is 0.230. The van der Waals surface area contributed by atoms with Gasteiger partial charge in [0.25, 0.3) is 5.91 Å². The van der Waals surface area contributed by atoms with Gasteiger partial charge in [0.1, 0.15) is 24.6 Å². The molecule has 0 bridgehead atoms. The molecule has 3 aromatic carbocycles. The number of anilines is 1. The third kappa shape index (κ3) is 6.59. The molecule has 4 aromatic rings. The van der Waals surface area contributed by atoms with Crippen molar-refractivity contribution in [2.45, 2.75) is 23.3 Å². The van der Waals surface area contributed by atoms with Crippen LogP contribution in [0.2, 0.25) is 0 Å². The summed E-state index contributed by atoms with van der Waals surface area (Å²) >= 11 is 3.52. The van der Waals surface area contributed by atoms with Gasteiger partial charge < -0.3 is 19.5 Å². The van der Waals surface area contributed by atoms with E-state index in [1.54, 1.807) is 91.0 Å². The number of amides is 1. The molecular weight excluding hydrogens is 594 g/mol. The fourth-order valence-electron chi connectivity index (χ4n) is 4.23. The molecule has 1 aliphatic rings. The molecule has 0 saturated carbocycles. The molecule has 1 amide bonds. The Morgan fingerprint density at radius 3 is 1.98 bits per heavy atom. The van der Waals surface area contributed by atoms with E-state index in [1.807, 2.05) is 0 Å². The van der Waals surface area contributed by atoms with Crippen molar-refractivity contribution in [3.05, 3.63) is 130 Å². The van der Waals surface area contributed by atoms with Gasteiger partial charge in [-0.3, -0.25) is 9.36 Å². The summed E-state index contributed by atoms with van der Waals surface area (Å²) in [6.45, 7) is -0.244. The summed E-state index contributed by atoms with van der Waals surface area (Å²) in [5.41, 5.74) is 0.381. The molecule has 2 heterocycles. The summed E-state index contributed by atoms with van der Waals surface area (Å²) in [4.78, 5) is 54.2. The van der Waals surface area contributed by atoms with Crippen LogP contribution in [0.4, 0.5) is 5.82 Å². The standard InChI is InChI=1S/C30H24BrN3O7/c31-24-25(41-29(37)21-14-8-3-9-15-21)22(18-39-28(36)20-12-6-2-7-13-20)40-27(24)34-17-16-23(33-30(34)38)32-26(35)19-10-4-1-5-11-19/h1-17,22,24-25,27H,18H2,(H,32,33,35,38)/t22-,24+,25-,27+/m1/s1. The van der Waals surface area contributed by atoms with E-state index in [2.05, 4.69) is 26.2 Å². The maximum absolute atomic E-state index is 13.0. The van der Waals surface area contributed by atoms with Gasteiger partial charge in [-0.2, -0.15) is 4.98 Å². The van der Waals surface area contributed by atoms with Crippen LogP contribution >= 0.6 is 15.9 Å². The molecule has 1 aromatic heterocycles. The normalized spacial score (nSPS) is 19.7. The minimum absolute atomic E-state index is 0.0598. The minimum atomic E-state index is -0.970. The van der Waals surface area contributed by atoms with Crippen LogP contribution in [0.3, 0.4) is 0 Å². The lowest BCUT2D eigenvalue weighted by molar-refractivity contribution is -0.0581. The largest absolute Gasteiger partial charge is 0.459 e. The van der Waals surface area contributed by atoms with E-state index in [0.717, 1.165) is 0 Å². The summed E-state index contributed by atoms with van der Waals surface area (Å²) < 4.78 is 18.6. The molecule has 5 rings (SSSR count). The van der Waals surface area contributed by atoms with E-state index in [-0.39, 0.29) is 12.4 Å². The van der Waals surface area contributed by atoms with Gasteiger partial charge in [0.2, 0.25) is 0 Å². The summed E-state index contributed by atoms with van der Waals surface area (Å²) in [6.07, 6.45) is -1.39. The molecule has 1 aliphatic heterocycles. The second kappa shape index (κ2) is 12.7. The lowest BCUT2D eigenvalue weighted by atomic mass is 10.1. The SMILES string of the molecule is O=C(Nc1ccn([C@H]2O[C@H](COC(=O)c3ccccc3)[C@@H](OC(=O)c3ccccc3)[C@@H]2Br)c(=O)n1)c1ccccc1. The first kappa shape index (κ1) is 27.9. The number of aromatic nitrogens is 2. The molecule has 4 atom stereocenters. The lowest BCUT2D eigenvalue weighted by Crippen LogP contribution is -2.37. The maximum atomic E-state index is 13.0. The first-order valence-corrected chi connectivity index (χ1v) is 13.6. The van der Waals surface area contributed by atoms with Crippen molar-refractivity contribution in [3.8, 4) is 0 Å². The van der Waals surface area contributed by atoms with E-state index >= 15 is 0 Å². The molecule has 41 heavy (non-hydrogen) atoms. The van der Waals surface area contributed by atoms with Crippen molar-refractivity contribution in [1.82, 2.24) is 9.55 Å². The number of carbonyl (C=O) groups is 3. The Bertz CT molecular complexity index is 1580. The number of ether oxygens (including phenoxy) is 3. The van der Waals surface area contributed by atoms with Gasteiger partial charge in [-0.1, -0.05) is 70.5 Å². The molecule has 1 saturated heterocycles. The lowest BCUT2D eigenvalue weighted by Gasteiger charge is -2.20. The van der Waals surface area contributed by atoms with Gasteiger partial charge in [0.05, 0.1) is 16.0 Å². The number of esters is 2. The van der Waals surface area contributed by atoms with E-state index in [0.29, 0.717) is 16.7 Å². The zero-order chi connectivity index (χ0) is 28.8. The van der Waals surface area contributed by atoms with E-state index < -0.39 is 46.8 Å². The molecule has 208 valence electrons. The predicted molar refractivity (Wildman–Crippen MR) is 152 cm³/mol. The highest BCUT2D eigenvalue weighted by atomic mass is 79.9. The van der Waals surface area contributed by atoms with Crippen molar-refractivity contribution < 1.29 is 28.6 Å². The minimum Gasteiger partial charge on any atom is -0.459 e. The number of alkyl halides is 1. The first-order valence-electron chi connectivity index (χ1n) is 12.6. The Labute approximate surface area is 243 Å². The summed E-state index contributed by atoms with van der Waals surface area (Å²) in [5, 5.41) is 2.60. The van der Waals surface area contributed by atoms with Crippen LogP contribution in [-0.4, -0.2) is 51.0 Å². The number of benzene rings is 3. The average Bonchev–Trinajstić information content (AvgIpc) is 3.31. The van der Waals surface area contributed by atoms with Gasteiger partial charge >= 0.3 is 17.6 Å². The molecule has 10 nitrogen and oxygen atoms in total. The molecule has 0 spiro atoms. The Morgan fingerprint density at radius 2 is 1.39 bits per heavy atom. The summed E-state index contributed by atoms with van der Waals surface area (Å²) in [5.74, 6) is -1.54. The van der Waals surface area contributed by atoms with Crippen molar-refractivity contribution in [2.75, 3.05) is 11.9 Å². The highest BCUT2D eigenvalue weighted by molar-refractivity contribution is 9.09. The Morgan fingerprint density at radius 1 is 0.829 bits per heavy atom. The Kier molecular flexibility index (Phi) is 8.66. The molecule has 11 heteroatoms. The Hall–Kier alpha value is -4.61. The highest BCUT2D eigenvalue weighted by Gasteiger charge is 2.48. The molecule has 0 unspecified atom stereocenters. The molecule has 0 radical (unpaired) electrons. The monoisotopic (exact) mass is 617 g/mol. The van der Waals surface area contributed by atoms with Crippen molar-refractivity contribution in [1.29, 1.82) is 0 Å². The topological polar surface area (TPSA) is 126 Å². The number of hydrogen-bond acceptors (Lipinski definition) is 8. The van der Waals surface area contributed by atoms with Crippen molar-refractivity contribution >= 4 is 39.6 Å². The summed E-state index contributed by atoms with van der Waals surface area (Å²) in [7, 11) is 0. The van der Waals surface area contributed by atoms with Crippen LogP contribution in [0.25, 0.3) is 0 Å². The number of rotatable bonds is 8. The van der Waals surface area contributed by atoms with Gasteiger partial charge in [0.15, 0.2) is 6.23 Å². The predicted octanol–water partition coefficient (Wildman–Crippen LogP) is 4.24. The van der Waals surface area contributed by atoms with E-state index in [1.165, 1.54) is 16.8 Å². The van der Waals surface area contributed by atoms with Crippen LogP contribution in [0, 0.1) is 0 Å². The van der Waals surface area contributed by atoms with Gasteiger partial charge in [-0.05, 0) is 42.5 Å². The van der Waals surface area contributed by atoms with E-state index in [4.69, 9.17) is 14.2 Å².